The summed E-state index contributed by atoms with van der Waals surface area (Å²) in [7, 11) is 0. The normalized spacial score (nSPS) is 12.2. The van der Waals surface area contributed by atoms with Gasteiger partial charge in [-0.15, -0.1) is 0 Å². The Kier molecular flexibility index (Phi) is 5.54. The minimum absolute atomic E-state index is 0.0852. The third kappa shape index (κ3) is 4.56. The maximum absolute atomic E-state index is 12.1. The van der Waals surface area contributed by atoms with Crippen LogP contribution in [-0.2, 0) is 4.79 Å². The molecular formula is C13H21N3O4. The average Bonchev–Trinajstić information content (AvgIpc) is 2.75. The van der Waals surface area contributed by atoms with Crippen molar-refractivity contribution in [2.45, 2.75) is 46.2 Å². The van der Waals surface area contributed by atoms with Gasteiger partial charge >= 0.3 is 12.0 Å². The fraction of sp³-hybridized carbons (Fsp3) is 0.615. The van der Waals surface area contributed by atoms with Crippen LogP contribution in [0.4, 0.5) is 4.79 Å². The number of aliphatic carboxylic acids is 1. The van der Waals surface area contributed by atoms with Crippen LogP contribution in [0.25, 0.3) is 0 Å². The van der Waals surface area contributed by atoms with Crippen molar-refractivity contribution in [3.8, 4) is 0 Å². The number of aromatic nitrogens is 1. The van der Waals surface area contributed by atoms with E-state index in [9.17, 15) is 9.59 Å². The highest BCUT2D eigenvalue weighted by molar-refractivity contribution is 5.75. The summed E-state index contributed by atoms with van der Waals surface area (Å²) in [6.45, 7) is 7.37. The Morgan fingerprint density at radius 3 is 2.55 bits per heavy atom. The maximum Gasteiger partial charge on any atom is 0.318 e. The smallest absolute Gasteiger partial charge is 0.318 e. The molecule has 1 rings (SSSR count). The van der Waals surface area contributed by atoms with Crippen molar-refractivity contribution in [1.29, 1.82) is 0 Å². The van der Waals surface area contributed by atoms with Gasteiger partial charge in [-0.05, 0) is 27.7 Å². The molecule has 1 heterocycles. The molecule has 112 valence electrons. The predicted octanol–water partition coefficient (Wildman–Crippen LogP) is 1.94. The van der Waals surface area contributed by atoms with Gasteiger partial charge < -0.3 is 19.7 Å². The van der Waals surface area contributed by atoms with E-state index >= 15 is 0 Å². The van der Waals surface area contributed by atoms with Gasteiger partial charge in [0.2, 0.25) is 5.89 Å². The van der Waals surface area contributed by atoms with Gasteiger partial charge in [-0.1, -0.05) is 0 Å². The summed E-state index contributed by atoms with van der Waals surface area (Å²) in [4.78, 5) is 28.3. The molecule has 7 heteroatoms. The van der Waals surface area contributed by atoms with E-state index in [1.54, 1.807) is 20.0 Å². The second kappa shape index (κ2) is 6.93. The number of oxazole rings is 1. The minimum atomic E-state index is -0.931. The fourth-order valence-corrected chi connectivity index (χ4v) is 1.71. The van der Waals surface area contributed by atoms with Crippen molar-refractivity contribution < 1.29 is 19.1 Å². The van der Waals surface area contributed by atoms with E-state index in [0.717, 1.165) is 0 Å². The monoisotopic (exact) mass is 283 g/mol. The molecule has 7 nitrogen and oxygen atoms in total. The quantitative estimate of drug-likeness (QED) is 0.831. The second-order valence-corrected chi connectivity index (χ2v) is 4.91. The number of nitrogens with zero attached hydrogens (tertiary/aromatic N) is 2. The van der Waals surface area contributed by atoms with Crippen LogP contribution in [0.2, 0.25) is 0 Å². The summed E-state index contributed by atoms with van der Waals surface area (Å²) >= 11 is 0. The van der Waals surface area contributed by atoms with Crippen molar-refractivity contribution in [3.63, 3.8) is 0 Å². The third-order valence-corrected chi connectivity index (χ3v) is 2.80. The lowest BCUT2D eigenvalue weighted by molar-refractivity contribution is -0.137. The Morgan fingerprint density at radius 2 is 2.10 bits per heavy atom. The summed E-state index contributed by atoms with van der Waals surface area (Å²) in [5.74, 6) is 0.172. The number of nitrogens with one attached hydrogen (secondary N) is 1. The first-order valence-electron chi connectivity index (χ1n) is 6.52. The summed E-state index contributed by atoms with van der Waals surface area (Å²) < 4.78 is 5.35. The van der Waals surface area contributed by atoms with Gasteiger partial charge in [-0.3, -0.25) is 4.79 Å². The van der Waals surface area contributed by atoms with Gasteiger partial charge in [0, 0.05) is 12.6 Å². The molecule has 2 amide bonds. The fourth-order valence-electron chi connectivity index (χ4n) is 1.71. The Hall–Kier alpha value is -2.05. The zero-order valence-corrected chi connectivity index (χ0v) is 12.2. The number of carbonyl (C=O) groups is 2. The lowest BCUT2D eigenvalue weighted by atomic mass is 10.3. The molecule has 20 heavy (non-hydrogen) atoms. The van der Waals surface area contributed by atoms with Gasteiger partial charge in [0.1, 0.15) is 11.8 Å². The highest BCUT2D eigenvalue weighted by Crippen LogP contribution is 2.13. The van der Waals surface area contributed by atoms with Gasteiger partial charge in [0.15, 0.2) is 0 Å². The average molecular weight is 283 g/mol. The molecular weight excluding hydrogens is 262 g/mol. The molecule has 0 fully saturated rings. The molecule has 1 aromatic rings. The summed E-state index contributed by atoms with van der Waals surface area (Å²) in [5.41, 5.74) is 0. The summed E-state index contributed by atoms with van der Waals surface area (Å²) in [6.07, 6.45) is 1.50. The number of carbonyl (C=O) groups excluding carboxylic acids is 1. The van der Waals surface area contributed by atoms with E-state index in [1.807, 2.05) is 13.8 Å². The minimum Gasteiger partial charge on any atom is -0.481 e. The molecule has 2 N–H and O–H groups in total. The van der Waals surface area contributed by atoms with E-state index in [-0.39, 0.29) is 31.1 Å². The van der Waals surface area contributed by atoms with Crippen LogP contribution in [0, 0.1) is 6.92 Å². The highest BCUT2D eigenvalue weighted by Gasteiger charge is 2.21. The molecule has 1 atom stereocenters. The second-order valence-electron chi connectivity index (χ2n) is 4.91. The molecule has 0 bridgehead atoms. The number of carboxylic acid groups (broad SMARTS) is 1. The largest absolute Gasteiger partial charge is 0.481 e. The number of rotatable bonds is 6. The van der Waals surface area contributed by atoms with Crippen LogP contribution in [-0.4, -0.2) is 39.6 Å². The van der Waals surface area contributed by atoms with Crippen molar-refractivity contribution in [2.24, 2.45) is 0 Å². The van der Waals surface area contributed by atoms with Crippen LogP contribution in [0.3, 0.4) is 0 Å². The topological polar surface area (TPSA) is 95.7 Å². The Morgan fingerprint density at radius 1 is 1.45 bits per heavy atom. The molecule has 0 radical (unpaired) electrons. The molecule has 0 saturated carbocycles. The standard InChI is InChI=1S/C13H21N3O4/c1-8(2)16(6-5-11(17)18)13(19)15-10(4)12-14-7-9(3)20-12/h7-8,10H,5-6H2,1-4H3,(H,15,19)(H,17,18). The van der Waals surface area contributed by atoms with E-state index < -0.39 is 5.97 Å². The van der Waals surface area contributed by atoms with Crippen LogP contribution in [0.1, 0.15) is 44.9 Å². The van der Waals surface area contributed by atoms with Crippen molar-refractivity contribution in [2.75, 3.05) is 6.54 Å². The number of hydrogen-bond acceptors (Lipinski definition) is 4. The van der Waals surface area contributed by atoms with E-state index in [1.165, 1.54) is 4.90 Å². The highest BCUT2D eigenvalue weighted by atomic mass is 16.4. The van der Waals surface area contributed by atoms with Crippen molar-refractivity contribution in [1.82, 2.24) is 15.2 Å². The lowest BCUT2D eigenvalue weighted by Gasteiger charge is -2.27. The molecule has 0 saturated heterocycles. The van der Waals surface area contributed by atoms with Crippen LogP contribution >= 0.6 is 0 Å². The number of urea groups is 1. The maximum atomic E-state index is 12.1. The first kappa shape index (κ1) is 16.0. The molecule has 0 aliphatic rings. The van der Waals surface area contributed by atoms with Gasteiger partial charge in [0.05, 0.1) is 12.6 Å². The molecule has 0 aliphatic heterocycles. The Balaban J connectivity index is 2.63. The molecule has 0 spiro atoms. The van der Waals surface area contributed by atoms with Crippen molar-refractivity contribution in [3.05, 3.63) is 17.8 Å². The van der Waals surface area contributed by atoms with Crippen LogP contribution in [0.15, 0.2) is 10.6 Å². The number of amides is 2. The van der Waals surface area contributed by atoms with E-state index in [2.05, 4.69) is 10.3 Å². The van der Waals surface area contributed by atoms with Crippen molar-refractivity contribution >= 4 is 12.0 Å². The van der Waals surface area contributed by atoms with E-state index in [0.29, 0.717) is 11.7 Å². The first-order chi connectivity index (χ1) is 9.31. The molecule has 0 aliphatic carbocycles. The lowest BCUT2D eigenvalue weighted by Crippen LogP contribution is -2.45. The molecule has 0 aromatic carbocycles. The van der Waals surface area contributed by atoms with Gasteiger partial charge in [-0.2, -0.15) is 0 Å². The van der Waals surface area contributed by atoms with Gasteiger partial charge in [0.25, 0.3) is 0 Å². The SMILES string of the molecule is Cc1cnc(C(C)NC(=O)N(CCC(=O)O)C(C)C)o1. The summed E-state index contributed by atoms with van der Waals surface area (Å²) in [5, 5.41) is 11.5. The van der Waals surface area contributed by atoms with Gasteiger partial charge in [-0.25, -0.2) is 9.78 Å². The zero-order chi connectivity index (χ0) is 15.3. The molecule has 1 unspecified atom stereocenters. The van der Waals surface area contributed by atoms with Crippen LogP contribution < -0.4 is 5.32 Å². The zero-order valence-electron chi connectivity index (χ0n) is 12.2. The first-order valence-corrected chi connectivity index (χ1v) is 6.52. The Labute approximate surface area is 118 Å². The number of carboxylic acids is 1. The van der Waals surface area contributed by atoms with E-state index in [4.69, 9.17) is 9.52 Å². The van der Waals surface area contributed by atoms with Crippen LogP contribution in [0.5, 0.6) is 0 Å². The molecule has 1 aromatic heterocycles. The number of hydrogen-bond donors (Lipinski definition) is 2. The Bertz CT molecular complexity index is 470. The summed E-state index contributed by atoms with van der Waals surface area (Å²) in [6, 6.07) is -0.792. The third-order valence-electron chi connectivity index (χ3n) is 2.80. The predicted molar refractivity (Wildman–Crippen MR) is 72.3 cm³/mol. The number of aryl methyl sites for hydroxylation is 1.